The zero-order chi connectivity index (χ0) is 74.2. The second-order valence-electron chi connectivity index (χ2n) is 29.8. The van der Waals surface area contributed by atoms with E-state index in [1.54, 1.807) is 0 Å². The lowest BCUT2D eigenvalue weighted by molar-refractivity contribution is -0.161. The predicted molar refractivity (Wildman–Crippen MR) is 414 cm³/mol. The number of phosphoric acid groups is 2. The Morgan fingerprint density at radius 1 is 0.307 bits per heavy atom. The number of aliphatic hydroxyl groups excluding tert-OH is 1. The number of unbranched alkanes of at least 4 members (excludes halogenated alkanes) is 46. The van der Waals surface area contributed by atoms with Gasteiger partial charge in [0.2, 0.25) is 0 Å². The largest absolute Gasteiger partial charge is 0.472 e. The maximum Gasteiger partial charge on any atom is 0.472 e. The average molecular weight is 1480 g/mol. The molecule has 5 atom stereocenters. The highest BCUT2D eigenvalue weighted by Gasteiger charge is 2.30. The summed E-state index contributed by atoms with van der Waals surface area (Å²) in [5.74, 6) is -0.594. The number of carbonyl (C=O) groups is 4. The Labute approximate surface area is 618 Å². The van der Waals surface area contributed by atoms with Crippen LogP contribution >= 0.6 is 15.6 Å². The van der Waals surface area contributed by atoms with Gasteiger partial charge in [0, 0.05) is 25.7 Å². The lowest BCUT2D eigenvalue weighted by Gasteiger charge is -2.21. The van der Waals surface area contributed by atoms with Gasteiger partial charge in [0.15, 0.2) is 12.2 Å². The van der Waals surface area contributed by atoms with Gasteiger partial charge < -0.3 is 33.8 Å². The van der Waals surface area contributed by atoms with Gasteiger partial charge in [-0.25, -0.2) is 9.13 Å². The third-order valence-corrected chi connectivity index (χ3v) is 20.5. The summed E-state index contributed by atoms with van der Waals surface area (Å²) in [7, 11) is -9.93. The second-order valence-corrected chi connectivity index (χ2v) is 32.7. The first kappa shape index (κ1) is 98.5. The normalized spacial score (nSPS) is 14.0. The molecule has 0 amide bonds. The van der Waals surface area contributed by atoms with Crippen molar-refractivity contribution in [1.29, 1.82) is 0 Å². The van der Waals surface area contributed by atoms with Crippen LogP contribution in [0.3, 0.4) is 0 Å². The molecule has 0 aromatic rings. The molecule has 3 N–H and O–H groups in total. The number of esters is 4. The Morgan fingerprint density at radius 3 is 0.812 bits per heavy atom. The number of allylic oxidation sites excluding steroid dienone is 4. The number of rotatable bonds is 79. The fourth-order valence-electron chi connectivity index (χ4n) is 12.2. The second kappa shape index (κ2) is 73.1. The van der Waals surface area contributed by atoms with E-state index in [1.165, 1.54) is 205 Å². The molecule has 0 bridgehead atoms. The SMILES string of the molecule is CCCCCC/C=C\C=C/CCCCCCCC(=O)OC[C@H](COP(=O)(O)OC[C@@H](O)COP(=O)(O)OC[C@@H](COC(=O)CCCCCCCCCCC(C)C)OC(=O)CCCCCCCCCCCCCCCC)OC(=O)CCCCCCCCCCCCCCCCCCCCC(C)C. The first-order chi connectivity index (χ1) is 48.9. The van der Waals surface area contributed by atoms with Gasteiger partial charge in [0.05, 0.1) is 26.4 Å². The molecule has 101 heavy (non-hydrogen) atoms. The molecule has 0 aliphatic rings. The molecule has 0 radical (unpaired) electrons. The van der Waals surface area contributed by atoms with E-state index < -0.39 is 97.5 Å². The van der Waals surface area contributed by atoms with E-state index >= 15 is 0 Å². The van der Waals surface area contributed by atoms with Crippen molar-refractivity contribution in [2.75, 3.05) is 39.6 Å². The molecule has 0 aromatic carbocycles. The smallest absolute Gasteiger partial charge is 0.462 e. The van der Waals surface area contributed by atoms with Crippen LogP contribution in [0.4, 0.5) is 0 Å². The van der Waals surface area contributed by atoms with Crippen LogP contribution in [0.5, 0.6) is 0 Å². The minimum absolute atomic E-state index is 0.101. The summed E-state index contributed by atoms with van der Waals surface area (Å²) in [6.45, 7) is 9.57. The molecular weight excluding hydrogens is 1320 g/mol. The number of hydrogen-bond acceptors (Lipinski definition) is 15. The first-order valence-electron chi connectivity index (χ1n) is 41.8. The lowest BCUT2D eigenvalue weighted by Crippen LogP contribution is -2.30. The van der Waals surface area contributed by atoms with E-state index in [9.17, 15) is 43.2 Å². The predicted octanol–water partition coefficient (Wildman–Crippen LogP) is 24.2. The van der Waals surface area contributed by atoms with Gasteiger partial charge in [-0.1, -0.05) is 355 Å². The number of aliphatic hydroxyl groups is 1. The molecule has 19 heteroatoms. The standard InChI is InChI=1S/C82H156O17P2/c1-7-9-11-13-15-17-19-21-27-32-35-39-46-52-58-64-79(84)92-70-77(98-82(87)67-61-55-49-41-37-33-29-26-24-23-25-28-30-34-38-44-50-56-62-74(3)4)72-96-100(88,89)94-68-76(83)69-95-101(90,91)97-73-78(71-93-80(85)65-59-53-47-43-42-45-51-57-63-75(5)6)99-81(86)66-60-54-48-40-36-31-22-20-18-16-14-12-10-8-2/h17,19,21,27,74-78,83H,7-16,18,20,22-26,28-73H2,1-6H3,(H,88,89)(H,90,91)/b19-17-,27-21-/t76-,77-,78-/m1/s1. The highest BCUT2D eigenvalue weighted by atomic mass is 31.2. The molecule has 0 fully saturated rings. The Hall–Kier alpha value is -2.46. The van der Waals surface area contributed by atoms with Crippen molar-refractivity contribution < 1.29 is 80.2 Å². The number of carbonyl (C=O) groups excluding carboxylic acids is 4. The van der Waals surface area contributed by atoms with Gasteiger partial charge in [-0.2, -0.15) is 0 Å². The molecular formula is C82H156O17P2. The maximum absolute atomic E-state index is 13.1. The zero-order valence-corrected chi connectivity index (χ0v) is 67.5. The van der Waals surface area contributed by atoms with E-state index in [0.29, 0.717) is 25.7 Å². The summed E-state index contributed by atoms with van der Waals surface area (Å²) in [6.07, 6.45) is 66.0. The van der Waals surface area contributed by atoms with Crippen molar-refractivity contribution in [1.82, 2.24) is 0 Å². The fourth-order valence-corrected chi connectivity index (χ4v) is 13.8. The molecule has 0 aliphatic heterocycles. The van der Waals surface area contributed by atoms with Gasteiger partial charge in [0.1, 0.15) is 19.3 Å². The highest BCUT2D eigenvalue weighted by Crippen LogP contribution is 2.45. The zero-order valence-electron chi connectivity index (χ0n) is 65.7. The molecule has 0 spiro atoms. The molecule has 0 aliphatic carbocycles. The highest BCUT2D eigenvalue weighted by molar-refractivity contribution is 7.47. The van der Waals surface area contributed by atoms with E-state index in [1.807, 2.05) is 0 Å². The molecule has 596 valence electrons. The van der Waals surface area contributed by atoms with Crippen molar-refractivity contribution in [3.8, 4) is 0 Å². The van der Waals surface area contributed by atoms with Crippen molar-refractivity contribution >= 4 is 39.5 Å². The van der Waals surface area contributed by atoms with E-state index in [4.69, 9.17) is 37.0 Å². The van der Waals surface area contributed by atoms with E-state index in [-0.39, 0.29) is 25.7 Å². The monoisotopic (exact) mass is 1480 g/mol. The van der Waals surface area contributed by atoms with Gasteiger partial charge in [0.25, 0.3) is 0 Å². The molecule has 17 nitrogen and oxygen atoms in total. The third kappa shape index (κ3) is 75.6. The Morgan fingerprint density at radius 2 is 0.535 bits per heavy atom. The molecule has 0 saturated carbocycles. The minimum atomic E-state index is -4.97. The summed E-state index contributed by atoms with van der Waals surface area (Å²) in [5, 5.41) is 10.6. The summed E-state index contributed by atoms with van der Waals surface area (Å²) >= 11 is 0. The van der Waals surface area contributed by atoms with Crippen molar-refractivity contribution in [3.63, 3.8) is 0 Å². The molecule has 0 saturated heterocycles. The van der Waals surface area contributed by atoms with Crippen LogP contribution in [0, 0.1) is 11.8 Å². The Kier molecular flexibility index (Phi) is 71.3. The quantitative estimate of drug-likeness (QED) is 0.0169. The first-order valence-corrected chi connectivity index (χ1v) is 44.8. The average Bonchev–Trinajstić information content (AvgIpc) is 1.65. The van der Waals surface area contributed by atoms with E-state index in [0.717, 1.165) is 121 Å². The fraction of sp³-hybridized carbons (Fsp3) is 0.902. The van der Waals surface area contributed by atoms with Gasteiger partial charge in [-0.15, -0.1) is 0 Å². The molecule has 0 rings (SSSR count). The van der Waals surface area contributed by atoms with E-state index in [2.05, 4.69) is 65.8 Å². The summed E-state index contributed by atoms with van der Waals surface area (Å²) in [6, 6.07) is 0. The Bertz CT molecular complexity index is 2040. The van der Waals surface area contributed by atoms with Crippen LogP contribution in [-0.2, 0) is 65.4 Å². The van der Waals surface area contributed by atoms with Crippen molar-refractivity contribution in [2.24, 2.45) is 11.8 Å². The number of hydrogen-bond donors (Lipinski definition) is 3. The minimum Gasteiger partial charge on any atom is -0.462 e. The van der Waals surface area contributed by atoms with Gasteiger partial charge in [-0.05, 0) is 63.2 Å². The molecule has 2 unspecified atom stereocenters. The summed E-state index contributed by atoms with van der Waals surface area (Å²) in [4.78, 5) is 73.0. The third-order valence-electron chi connectivity index (χ3n) is 18.6. The van der Waals surface area contributed by atoms with Crippen molar-refractivity contribution in [3.05, 3.63) is 24.3 Å². The number of ether oxygens (including phenoxy) is 4. The molecule has 0 heterocycles. The van der Waals surface area contributed by atoms with Crippen LogP contribution in [0.25, 0.3) is 0 Å². The van der Waals surface area contributed by atoms with Crippen molar-refractivity contribution in [2.45, 2.75) is 426 Å². The van der Waals surface area contributed by atoms with Gasteiger partial charge in [-0.3, -0.25) is 37.3 Å². The topological polar surface area (TPSA) is 237 Å². The molecule has 0 aromatic heterocycles. The van der Waals surface area contributed by atoms with Crippen LogP contribution in [-0.4, -0.2) is 96.7 Å². The van der Waals surface area contributed by atoms with Crippen LogP contribution in [0.1, 0.15) is 408 Å². The lowest BCUT2D eigenvalue weighted by atomic mass is 10.0. The number of phosphoric ester groups is 2. The van der Waals surface area contributed by atoms with Crippen LogP contribution in [0.15, 0.2) is 24.3 Å². The summed E-state index contributed by atoms with van der Waals surface area (Å²) in [5.41, 5.74) is 0. The van der Waals surface area contributed by atoms with Crippen LogP contribution in [0.2, 0.25) is 0 Å². The van der Waals surface area contributed by atoms with Crippen LogP contribution < -0.4 is 0 Å². The maximum atomic E-state index is 13.1. The van der Waals surface area contributed by atoms with Gasteiger partial charge >= 0.3 is 39.5 Å². The summed E-state index contributed by atoms with van der Waals surface area (Å²) < 4.78 is 68.7. The Balaban J connectivity index is 5.26.